The molecule has 0 saturated carbocycles. The predicted molar refractivity (Wildman–Crippen MR) is 84.2 cm³/mol. The summed E-state index contributed by atoms with van der Waals surface area (Å²) in [4.78, 5) is 3.47. The average Bonchev–Trinajstić information content (AvgIpc) is 2.91. The average molecular weight is 276 g/mol. The van der Waals surface area contributed by atoms with Crippen LogP contribution in [0.5, 0.6) is 5.75 Å². The van der Waals surface area contributed by atoms with E-state index in [-0.39, 0.29) is 0 Å². The number of aromatic amines is 1. The first-order valence-corrected chi connectivity index (χ1v) is 6.94. The van der Waals surface area contributed by atoms with Crippen LogP contribution in [0.3, 0.4) is 0 Å². The summed E-state index contributed by atoms with van der Waals surface area (Å²) in [5.41, 5.74) is 4.47. The van der Waals surface area contributed by atoms with Gasteiger partial charge < -0.3 is 9.72 Å². The van der Waals surface area contributed by atoms with E-state index in [2.05, 4.69) is 29.3 Å². The van der Waals surface area contributed by atoms with Crippen molar-refractivity contribution in [3.8, 4) is 23.1 Å². The molecule has 104 valence electrons. The lowest BCUT2D eigenvalue weighted by Gasteiger charge is -2.03. The van der Waals surface area contributed by atoms with Crippen molar-refractivity contribution in [1.29, 1.82) is 5.26 Å². The number of rotatable bonds is 4. The third-order valence-electron chi connectivity index (χ3n) is 3.66. The minimum Gasteiger partial charge on any atom is -0.497 e. The van der Waals surface area contributed by atoms with Crippen molar-refractivity contribution in [2.24, 2.45) is 0 Å². The van der Waals surface area contributed by atoms with Gasteiger partial charge in [-0.15, -0.1) is 0 Å². The molecule has 1 aromatic heterocycles. The molecule has 0 aliphatic carbocycles. The summed E-state index contributed by atoms with van der Waals surface area (Å²) in [5.74, 6) is 0.829. The van der Waals surface area contributed by atoms with Crippen molar-refractivity contribution in [2.75, 3.05) is 7.11 Å². The molecule has 0 saturated heterocycles. The standard InChI is InChI=1S/C18H16N2O/c1-21-14-9-10-15-16(8-5-11-19)18(20-17(15)12-14)13-6-3-2-4-7-13/h2-4,6-7,9-10,12,20H,5,8H2,1H3. The molecule has 21 heavy (non-hydrogen) atoms. The van der Waals surface area contributed by atoms with Gasteiger partial charge in [-0.3, -0.25) is 0 Å². The van der Waals surface area contributed by atoms with Gasteiger partial charge in [-0.2, -0.15) is 5.26 Å². The first-order chi connectivity index (χ1) is 10.3. The highest BCUT2D eigenvalue weighted by atomic mass is 16.5. The van der Waals surface area contributed by atoms with Gasteiger partial charge in [-0.25, -0.2) is 0 Å². The highest BCUT2D eigenvalue weighted by molar-refractivity contribution is 5.91. The summed E-state index contributed by atoms with van der Waals surface area (Å²) in [7, 11) is 1.67. The zero-order chi connectivity index (χ0) is 14.7. The third kappa shape index (κ3) is 2.48. The Morgan fingerprint density at radius 3 is 2.67 bits per heavy atom. The molecule has 0 bridgehead atoms. The molecule has 3 aromatic rings. The van der Waals surface area contributed by atoms with E-state index < -0.39 is 0 Å². The zero-order valence-corrected chi connectivity index (χ0v) is 11.9. The zero-order valence-electron chi connectivity index (χ0n) is 11.9. The van der Waals surface area contributed by atoms with Crippen molar-refractivity contribution in [3.05, 3.63) is 54.1 Å². The number of nitrogens with one attached hydrogen (secondary N) is 1. The Morgan fingerprint density at radius 2 is 1.95 bits per heavy atom. The largest absolute Gasteiger partial charge is 0.497 e. The Bertz CT molecular complexity index is 797. The van der Waals surface area contributed by atoms with E-state index >= 15 is 0 Å². The summed E-state index contributed by atoms with van der Waals surface area (Å²) in [6.07, 6.45) is 1.26. The smallest absolute Gasteiger partial charge is 0.120 e. The van der Waals surface area contributed by atoms with Gasteiger partial charge in [-0.05, 0) is 29.7 Å². The Hall–Kier alpha value is -2.73. The van der Waals surface area contributed by atoms with Crippen LogP contribution in [-0.2, 0) is 6.42 Å². The molecule has 0 spiro atoms. The summed E-state index contributed by atoms with van der Waals surface area (Å²) in [6.45, 7) is 0. The number of hydrogen-bond acceptors (Lipinski definition) is 2. The van der Waals surface area contributed by atoms with Crippen LogP contribution in [0.15, 0.2) is 48.5 Å². The Labute approximate surface area is 123 Å². The monoisotopic (exact) mass is 276 g/mol. The second-order valence-corrected chi connectivity index (χ2v) is 4.91. The minimum absolute atomic E-state index is 0.513. The molecule has 3 heteroatoms. The lowest BCUT2D eigenvalue weighted by atomic mass is 10.0. The van der Waals surface area contributed by atoms with Gasteiger partial charge in [0.1, 0.15) is 5.75 Å². The maximum absolute atomic E-state index is 8.90. The Balaban J connectivity index is 2.20. The summed E-state index contributed by atoms with van der Waals surface area (Å²) >= 11 is 0. The fourth-order valence-corrected chi connectivity index (χ4v) is 2.65. The van der Waals surface area contributed by atoms with Crippen LogP contribution in [0, 0.1) is 11.3 Å². The molecule has 3 rings (SSSR count). The van der Waals surface area contributed by atoms with Crippen LogP contribution in [0.2, 0.25) is 0 Å². The molecule has 0 atom stereocenters. The van der Waals surface area contributed by atoms with E-state index in [1.165, 1.54) is 5.56 Å². The number of hydrogen-bond donors (Lipinski definition) is 1. The first-order valence-electron chi connectivity index (χ1n) is 6.94. The molecule has 0 aliphatic heterocycles. The van der Waals surface area contributed by atoms with Crippen molar-refractivity contribution in [2.45, 2.75) is 12.8 Å². The summed E-state index contributed by atoms with van der Waals surface area (Å²) < 4.78 is 5.29. The van der Waals surface area contributed by atoms with Gasteiger partial charge in [0.15, 0.2) is 0 Å². The van der Waals surface area contributed by atoms with Gasteiger partial charge >= 0.3 is 0 Å². The molecule has 0 fully saturated rings. The fraction of sp³-hybridized carbons (Fsp3) is 0.167. The van der Waals surface area contributed by atoms with Crippen molar-refractivity contribution in [3.63, 3.8) is 0 Å². The van der Waals surface area contributed by atoms with Gasteiger partial charge in [-0.1, -0.05) is 30.3 Å². The Kier molecular flexibility index (Phi) is 3.61. The van der Waals surface area contributed by atoms with Crippen LogP contribution >= 0.6 is 0 Å². The highest BCUT2D eigenvalue weighted by Gasteiger charge is 2.13. The van der Waals surface area contributed by atoms with Crippen molar-refractivity contribution in [1.82, 2.24) is 4.98 Å². The number of aromatic nitrogens is 1. The molecule has 0 radical (unpaired) electrons. The van der Waals surface area contributed by atoms with Gasteiger partial charge in [0.25, 0.3) is 0 Å². The molecular formula is C18H16N2O. The number of H-pyrrole nitrogens is 1. The van der Waals surface area contributed by atoms with Crippen LogP contribution in [0.1, 0.15) is 12.0 Å². The van der Waals surface area contributed by atoms with Crippen molar-refractivity contribution < 1.29 is 4.74 Å². The lowest BCUT2D eigenvalue weighted by molar-refractivity contribution is 0.415. The molecule has 0 unspecified atom stereocenters. The topological polar surface area (TPSA) is 48.8 Å². The molecule has 1 N–H and O–H groups in total. The molecule has 3 nitrogen and oxygen atoms in total. The second-order valence-electron chi connectivity index (χ2n) is 4.91. The van der Waals surface area contributed by atoms with Gasteiger partial charge in [0.05, 0.1) is 13.2 Å². The molecule has 0 aliphatic rings. The van der Waals surface area contributed by atoms with Gasteiger partial charge in [0, 0.05) is 29.1 Å². The van der Waals surface area contributed by atoms with Crippen molar-refractivity contribution >= 4 is 10.9 Å². The maximum atomic E-state index is 8.90. The summed E-state index contributed by atoms with van der Waals surface area (Å²) in [5, 5.41) is 10.1. The molecule has 2 aromatic carbocycles. The quantitative estimate of drug-likeness (QED) is 0.772. The van der Waals surface area contributed by atoms with E-state index in [0.29, 0.717) is 6.42 Å². The number of methoxy groups -OCH3 is 1. The molecular weight excluding hydrogens is 260 g/mol. The van der Waals surface area contributed by atoms with E-state index in [1.54, 1.807) is 7.11 Å². The minimum atomic E-state index is 0.513. The number of fused-ring (bicyclic) bond motifs is 1. The number of aryl methyl sites for hydroxylation is 1. The number of ether oxygens (including phenoxy) is 1. The van der Waals surface area contributed by atoms with Crippen LogP contribution < -0.4 is 4.74 Å². The van der Waals surface area contributed by atoms with E-state index in [9.17, 15) is 0 Å². The second kappa shape index (κ2) is 5.72. The Morgan fingerprint density at radius 1 is 1.14 bits per heavy atom. The predicted octanol–water partition coefficient (Wildman–Crippen LogP) is 4.30. The summed E-state index contributed by atoms with van der Waals surface area (Å²) in [6, 6.07) is 18.5. The van der Waals surface area contributed by atoms with E-state index in [1.807, 2.05) is 30.3 Å². The number of nitriles is 1. The van der Waals surface area contributed by atoms with E-state index in [0.717, 1.165) is 34.3 Å². The first kappa shape index (κ1) is 13.3. The number of benzene rings is 2. The molecule has 1 heterocycles. The van der Waals surface area contributed by atoms with Crippen LogP contribution in [0.4, 0.5) is 0 Å². The normalized spacial score (nSPS) is 10.5. The van der Waals surface area contributed by atoms with E-state index in [4.69, 9.17) is 10.00 Å². The molecule has 0 amide bonds. The fourth-order valence-electron chi connectivity index (χ4n) is 2.65. The van der Waals surface area contributed by atoms with Crippen LogP contribution in [-0.4, -0.2) is 12.1 Å². The van der Waals surface area contributed by atoms with Crippen LogP contribution in [0.25, 0.3) is 22.2 Å². The van der Waals surface area contributed by atoms with Gasteiger partial charge in [0.2, 0.25) is 0 Å². The highest BCUT2D eigenvalue weighted by Crippen LogP contribution is 2.33. The third-order valence-corrected chi connectivity index (χ3v) is 3.66. The maximum Gasteiger partial charge on any atom is 0.120 e. The number of nitrogens with zero attached hydrogens (tertiary/aromatic N) is 1. The lowest BCUT2D eigenvalue weighted by Crippen LogP contribution is -1.87. The SMILES string of the molecule is COc1ccc2c(CCC#N)c(-c3ccccc3)[nH]c2c1.